The van der Waals surface area contributed by atoms with Crippen LogP contribution in [0.25, 0.3) is 0 Å². The lowest BCUT2D eigenvalue weighted by molar-refractivity contribution is -0.139. The maximum atomic E-state index is 14.1. The van der Waals surface area contributed by atoms with Crippen LogP contribution in [0.4, 0.5) is 4.39 Å². The third-order valence-electron chi connectivity index (χ3n) is 4.21. The molecule has 1 aliphatic rings. The smallest absolute Gasteiger partial charge is 0.320 e. The first-order valence-corrected chi connectivity index (χ1v) is 7.40. The molecule has 0 saturated carbocycles. The highest BCUT2D eigenvalue weighted by Gasteiger charge is 2.42. The molecule has 1 aliphatic heterocycles. The Bertz CT molecular complexity index is 732. The van der Waals surface area contributed by atoms with E-state index in [0.717, 1.165) is 0 Å². The van der Waals surface area contributed by atoms with Gasteiger partial charge in [0.2, 0.25) is 0 Å². The van der Waals surface area contributed by atoms with Crippen molar-refractivity contribution in [3.63, 3.8) is 0 Å². The van der Waals surface area contributed by atoms with Crippen LogP contribution in [0.1, 0.15) is 28.4 Å². The molecule has 0 radical (unpaired) electrons. The monoisotopic (exact) mass is 313 g/mol. The second-order valence-corrected chi connectivity index (χ2v) is 5.63. The summed E-state index contributed by atoms with van der Waals surface area (Å²) in [4.78, 5) is 24.1. The summed E-state index contributed by atoms with van der Waals surface area (Å²) in [6.45, 7) is 0. The molecule has 3 rings (SSSR count). The first kappa shape index (κ1) is 15.4. The van der Waals surface area contributed by atoms with Crippen molar-refractivity contribution in [2.45, 2.75) is 18.5 Å². The van der Waals surface area contributed by atoms with E-state index in [4.69, 9.17) is 0 Å². The summed E-state index contributed by atoms with van der Waals surface area (Å²) in [5, 5.41) is 12.1. The number of carbonyl (C=O) groups is 2. The predicted molar refractivity (Wildman–Crippen MR) is 82.6 cm³/mol. The highest BCUT2D eigenvalue weighted by molar-refractivity contribution is 5.99. The van der Waals surface area contributed by atoms with Gasteiger partial charge in [0.1, 0.15) is 11.9 Å². The van der Waals surface area contributed by atoms with Gasteiger partial charge in [-0.05, 0) is 12.5 Å². The standard InChI is InChI=1S/C18H16FNO3/c19-14-9-5-4-8-12(14)16-13(10-15(20-16)18(22)23)17(21)11-6-2-1-3-7-11/h1-9,13,15-16,20H,10H2,(H,22,23). The maximum Gasteiger partial charge on any atom is 0.320 e. The molecule has 1 fully saturated rings. The van der Waals surface area contributed by atoms with Gasteiger partial charge in [-0.3, -0.25) is 14.9 Å². The number of rotatable bonds is 4. The number of aliphatic carboxylic acids is 1. The summed E-state index contributed by atoms with van der Waals surface area (Å²) in [6.07, 6.45) is 0.141. The minimum Gasteiger partial charge on any atom is -0.480 e. The molecular formula is C18H16FNO3. The van der Waals surface area contributed by atoms with Gasteiger partial charge >= 0.3 is 5.97 Å². The number of carbonyl (C=O) groups excluding carboxylic acids is 1. The topological polar surface area (TPSA) is 66.4 Å². The van der Waals surface area contributed by atoms with E-state index in [1.54, 1.807) is 48.5 Å². The van der Waals surface area contributed by atoms with E-state index in [0.29, 0.717) is 11.1 Å². The van der Waals surface area contributed by atoms with Crippen LogP contribution in [0.3, 0.4) is 0 Å². The number of halogens is 1. The molecule has 2 N–H and O–H groups in total. The number of carboxylic acid groups (broad SMARTS) is 1. The Hall–Kier alpha value is -2.53. The fourth-order valence-electron chi connectivity index (χ4n) is 3.07. The number of nitrogens with one attached hydrogen (secondary N) is 1. The van der Waals surface area contributed by atoms with Crippen LogP contribution < -0.4 is 5.32 Å². The fraction of sp³-hybridized carbons (Fsp3) is 0.222. The van der Waals surface area contributed by atoms with Gasteiger partial charge in [-0.1, -0.05) is 48.5 Å². The molecule has 0 bridgehead atoms. The van der Waals surface area contributed by atoms with E-state index in [9.17, 15) is 19.1 Å². The SMILES string of the molecule is O=C(O)C1CC(C(=O)c2ccccc2)C(c2ccccc2F)N1. The summed E-state index contributed by atoms with van der Waals surface area (Å²) < 4.78 is 14.1. The van der Waals surface area contributed by atoms with Crippen molar-refractivity contribution < 1.29 is 19.1 Å². The van der Waals surface area contributed by atoms with Gasteiger partial charge in [0, 0.05) is 23.1 Å². The van der Waals surface area contributed by atoms with Gasteiger partial charge in [0.15, 0.2) is 5.78 Å². The van der Waals surface area contributed by atoms with Crippen LogP contribution in [0.2, 0.25) is 0 Å². The second-order valence-electron chi connectivity index (χ2n) is 5.63. The zero-order valence-electron chi connectivity index (χ0n) is 12.3. The zero-order chi connectivity index (χ0) is 16.4. The number of Topliss-reactive ketones (excluding diaryl/α,β-unsaturated/α-hetero) is 1. The molecule has 3 unspecified atom stereocenters. The van der Waals surface area contributed by atoms with Crippen LogP contribution in [0, 0.1) is 11.7 Å². The van der Waals surface area contributed by atoms with Crippen molar-refractivity contribution in [2.75, 3.05) is 0 Å². The van der Waals surface area contributed by atoms with Crippen LogP contribution in [0.5, 0.6) is 0 Å². The lowest BCUT2D eigenvalue weighted by Gasteiger charge is -2.19. The average Bonchev–Trinajstić information content (AvgIpc) is 3.01. The number of carboxylic acids is 1. The zero-order valence-corrected chi connectivity index (χ0v) is 12.3. The van der Waals surface area contributed by atoms with Gasteiger partial charge in [-0.2, -0.15) is 0 Å². The highest BCUT2D eigenvalue weighted by atomic mass is 19.1. The molecule has 0 aromatic heterocycles. The third kappa shape index (κ3) is 3.00. The summed E-state index contributed by atoms with van der Waals surface area (Å²) in [6, 6.07) is 13.3. The highest BCUT2D eigenvalue weighted by Crippen LogP contribution is 2.36. The van der Waals surface area contributed by atoms with E-state index in [-0.39, 0.29) is 12.2 Å². The quantitative estimate of drug-likeness (QED) is 0.852. The molecule has 0 amide bonds. The minimum atomic E-state index is -1.03. The van der Waals surface area contributed by atoms with E-state index in [2.05, 4.69) is 5.32 Å². The van der Waals surface area contributed by atoms with Crippen molar-refractivity contribution in [3.05, 3.63) is 71.5 Å². The largest absolute Gasteiger partial charge is 0.480 e. The molecule has 23 heavy (non-hydrogen) atoms. The van der Waals surface area contributed by atoms with Gasteiger partial charge in [0.05, 0.1) is 0 Å². The van der Waals surface area contributed by atoms with Crippen LogP contribution in [-0.4, -0.2) is 22.9 Å². The molecule has 1 heterocycles. The van der Waals surface area contributed by atoms with Crippen molar-refractivity contribution in [2.24, 2.45) is 5.92 Å². The van der Waals surface area contributed by atoms with Gasteiger partial charge < -0.3 is 5.11 Å². The summed E-state index contributed by atoms with van der Waals surface area (Å²) in [7, 11) is 0. The Kier molecular flexibility index (Phi) is 4.21. The Morgan fingerprint density at radius 1 is 1.04 bits per heavy atom. The van der Waals surface area contributed by atoms with E-state index in [1.165, 1.54) is 6.07 Å². The first-order chi connectivity index (χ1) is 11.1. The lowest BCUT2D eigenvalue weighted by atomic mass is 9.86. The minimum absolute atomic E-state index is 0.141. The Morgan fingerprint density at radius 2 is 1.70 bits per heavy atom. The van der Waals surface area contributed by atoms with Crippen molar-refractivity contribution in [1.82, 2.24) is 5.32 Å². The second kappa shape index (κ2) is 6.30. The Balaban J connectivity index is 1.97. The normalized spacial score (nSPS) is 23.6. The molecule has 5 heteroatoms. The molecule has 4 nitrogen and oxygen atoms in total. The lowest BCUT2D eigenvalue weighted by Crippen LogP contribution is -2.32. The molecule has 3 atom stereocenters. The summed E-state index contributed by atoms with van der Waals surface area (Å²) in [5.41, 5.74) is 0.831. The maximum absolute atomic E-state index is 14.1. The number of hydrogen-bond acceptors (Lipinski definition) is 3. The number of ketones is 1. The van der Waals surface area contributed by atoms with Crippen molar-refractivity contribution in [1.29, 1.82) is 0 Å². The molecule has 2 aromatic rings. The third-order valence-corrected chi connectivity index (χ3v) is 4.21. The molecule has 0 spiro atoms. The van der Waals surface area contributed by atoms with Crippen molar-refractivity contribution in [3.8, 4) is 0 Å². The predicted octanol–water partition coefficient (Wildman–Crippen LogP) is 2.81. The fourth-order valence-corrected chi connectivity index (χ4v) is 3.07. The van der Waals surface area contributed by atoms with Crippen molar-refractivity contribution >= 4 is 11.8 Å². The summed E-state index contributed by atoms with van der Waals surface area (Å²) in [5.74, 6) is -2.26. The van der Waals surface area contributed by atoms with E-state index >= 15 is 0 Å². The van der Waals surface area contributed by atoms with Gasteiger partial charge in [-0.25, -0.2) is 4.39 Å². The Labute approximate surface area is 133 Å². The number of benzene rings is 2. The van der Waals surface area contributed by atoms with Crippen LogP contribution in [-0.2, 0) is 4.79 Å². The molecule has 2 aromatic carbocycles. The molecular weight excluding hydrogens is 297 g/mol. The average molecular weight is 313 g/mol. The van der Waals surface area contributed by atoms with Gasteiger partial charge in [0.25, 0.3) is 0 Å². The first-order valence-electron chi connectivity index (χ1n) is 7.40. The van der Waals surface area contributed by atoms with E-state index in [1.807, 2.05) is 0 Å². The number of hydrogen-bond donors (Lipinski definition) is 2. The Morgan fingerprint density at radius 3 is 2.35 bits per heavy atom. The summed E-state index contributed by atoms with van der Waals surface area (Å²) >= 11 is 0. The molecule has 0 aliphatic carbocycles. The molecule has 1 saturated heterocycles. The van der Waals surface area contributed by atoms with Gasteiger partial charge in [-0.15, -0.1) is 0 Å². The van der Waals surface area contributed by atoms with Crippen LogP contribution >= 0.6 is 0 Å². The van der Waals surface area contributed by atoms with E-state index < -0.39 is 29.8 Å². The van der Waals surface area contributed by atoms with Crippen LogP contribution in [0.15, 0.2) is 54.6 Å². The molecule has 118 valence electrons.